The molecule has 0 saturated carbocycles. The summed E-state index contributed by atoms with van der Waals surface area (Å²) in [7, 11) is 1.58. The van der Waals surface area contributed by atoms with Gasteiger partial charge in [0.05, 0.1) is 24.7 Å². The van der Waals surface area contributed by atoms with Gasteiger partial charge in [-0.05, 0) is 18.6 Å². The number of pyridine rings is 1. The van der Waals surface area contributed by atoms with Gasteiger partial charge >= 0.3 is 0 Å². The third-order valence-corrected chi connectivity index (χ3v) is 2.53. The first-order valence-electron chi connectivity index (χ1n) is 5.33. The topological polar surface area (TPSA) is 60.2 Å². The second-order valence-corrected chi connectivity index (χ2v) is 3.75. The fourth-order valence-corrected chi connectivity index (χ4v) is 1.52. The average molecular weight is 229 g/mol. The van der Waals surface area contributed by atoms with Crippen molar-refractivity contribution in [2.75, 3.05) is 18.2 Å². The molecule has 4 heteroatoms. The number of methoxy groups -OCH3 is 1. The lowest BCUT2D eigenvalue weighted by atomic mass is 10.2. The Balaban J connectivity index is 2.32. The zero-order valence-electron chi connectivity index (χ0n) is 9.90. The molecule has 0 atom stereocenters. The lowest BCUT2D eigenvalue weighted by Gasteiger charge is -2.12. The van der Waals surface area contributed by atoms with E-state index in [1.807, 2.05) is 31.2 Å². The molecule has 0 aliphatic heterocycles. The number of benzene rings is 1. The predicted octanol–water partition coefficient (Wildman–Crippen LogP) is 2.72. The molecule has 88 valence electrons. The highest BCUT2D eigenvalue weighted by Gasteiger charge is 2.04. The van der Waals surface area contributed by atoms with E-state index in [0.717, 1.165) is 16.9 Å². The first-order chi connectivity index (χ1) is 8.20. The molecule has 1 aromatic heterocycles. The first-order valence-corrected chi connectivity index (χ1v) is 5.33. The van der Waals surface area contributed by atoms with Gasteiger partial charge in [-0.3, -0.25) is 0 Å². The van der Waals surface area contributed by atoms with E-state index in [1.54, 1.807) is 19.4 Å². The van der Waals surface area contributed by atoms with E-state index in [1.165, 1.54) is 0 Å². The van der Waals surface area contributed by atoms with Crippen LogP contribution in [0.1, 0.15) is 5.56 Å². The molecule has 0 radical (unpaired) electrons. The number of nitrogen functional groups attached to an aromatic ring is 1. The number of hydrogen-bond acceptors (Lipinski definition) is 4. The van der Waals surface area contributed by atoms with Gasteiger partial charge in [0.2, 0.25) is 5.88 Å². The van der Waals surface area contributed by atoms with Crippen molar-refractivity contribution in [1.29, 1.82) is 0 Å². The van der Waals surface area contributed by atoms with Crippen molar-refractivity contribution in [3.63, 3.8) is 0 Å². The Morgan fingerprint density at radius 3 is 2.71 bits per heavy atom. The van der Waals surface area contributed by atoms with Gasteiger partial charge in [0, 0.05) is 11.8 Å². The van der Waals surface area contributed by atoms with E-state index in [9.17, 15) is 0 Å². The maximum Gasteiger partial charge on any atom is 0.215 e. The Kier molecular flexibility index (Phi) is 3.14. The van der Waals surface area contributed by atoms with Crippen LogP contribution in [0.25, 0.3) is 0 Å². The van der Waals surface area contributed by atoms with Crippen LogP contribution in [0.4, 0.5) is 17.1 Å². The number of ether oxygens (including phenoxy) is 1. The van der Waals surface area contributed by atoms with Crippen LogP contribution >= 0.6 is 0 Å². The SMILES string of the molecule is COc1cc(Nc2ccccc2C)c(N)cn1. The van der Waals surface area contributed by atoms with Crippen LogP contribution in [0, 0.1) is 6.92 Å². The molecule has 0 aliphatic rings. The van der Waals surface area contributed by atoms with E-state index >= 15 is 0 Å². The number of nitrogens with zero attached hydrogens (tertiary/aromatic N) is 1. The van der Waals surface area contributed by atoms with Crippen molar-refractivity contribution in [3.05, 3.63) is 42.1 Å². The highest BCUT2D eigenvalue weighted by atomic mass is 16.5. The fourth-order valence-electron chi connectivity index (χ4n) is 1.52. The summed E-state index contributed by atoms with van der Waals surface area (Å²) < 4.78 is 5.07. The van der Waals surface area contributed by atoms with Crippen LogP contribution in [0.5, 0.6) is 5.88 Å². The number of hydrogen-bond donors (Lipinski definition) is 2. The average Bonchev–Trinajstić information content (AvgIpc) is 2.35. The number of aromatic nitrogens is 1. The van der Waals surface area contributed by atoms with Crippen LogP contribution in [-0.2, 0) is 0 Å². The highest BCUT2D eigenvalue weighted by Crippen LogP contribution is 2.27. The molecule has 2 rings (SSSR count). The Morgan fingerprint density at radius 1 is 1.24 bits per heavy atom. The summed E-state index contributed by atoms with van der Waals surface area (Å²) in [6.07, 6.45) is 1.58. The quantitative estimate of drug-likeness (QED) is 0.849. The van der Waals surface area contributed by atoms with Crippen molar-refractivity contribution >= 4 is 17.1 Å². The van der Waals surface area contributed by atoms with Gasteiger partial charge in [0.1, 0.15) is 0 Å². The highest BCUT2D eigenvalue weighted by molar-refractivity contribution is 5.73. The number of aryl methyl sites for hydroxylation is 1. The maximum atomic E-state index is 5.86. The largest absolute Gasteiger partial charge is 0.481 e. The fraction of sp³-hybridized carbons (Fsp3) is 0.154. The molecule has 4 nitrogen and oxygen atoms in total. The molecule has 3 N–H and O–H groups in total. The van der Waals surface area contributed by atoms with Crippen LogP contribution in [0.3, 0.4) is 0 Å². The van der Waals surface area contributed by atoms with E-state index in [4.69, 9.17) is 10.5 Å². The van der Waals surface area contributed by atoms with E-state index in [2.05, 4.69) is 10.3 Å². The zero-order valence-corrected chi connectivity index (χ0v) is 9.90. The van der Waals surface area contributed by atoms with Crippen molar-refractivity contribution in [1.82, 2.24) is 4.98 Å². The Morgan fingerprint density at radius 2 is 2.00 bits per heavy atom. The minimum absolute atomic E-state index is 0.537. The molecular formula is C13H15N3O. The molecule has 2 aromatic rings. The monoisotopic (exact) mass is 229 g/mol. The van der Waals surface area contributed by atoms with Crippen LogP contribution < -0.4 is 15.8 Å². The molecule has 0 aliphatic carbocycles. The molecule has 0 fully saturated rings. The van der Waals surface area contributed by atoms with Crippen molar-refractivity contribution < 1.29 is 4.74 Å². The third kappa shape index (κ3) is 2.47. The van der Waals surface area contributed by atoms with Gasteiger partial charge < -0.3 is 15.8 Å². The first kappa shape index (κ1) is 11.3. The minimum Gasteiger partial charge on any atom is -0.481 e. The van der Waals surface area contributed by atoms with Crippen molar-refractivity contribution in [2.45, 2.75) is 6.92 Å². The lowest BCUT2D eigenvalue weighted by Crippen LogP contribution is -1.99. The maximum absolute atomic E-state index is 5.86. The molecular weight excluding hydrogens is 214 g/mol. The normalized spacial score (nSPS) is 10.0. The van der Waals surface area contributed by atoms with Gasteiger partial charge in [0.15, 0.2) is 0 Å². The Bertz CT molecular complexity index is 526. The third-order valence-electron chi connectivity index (χ3n) is 2.53. The predicted molar refractivity (Wildman–Crippen MR) is 69.7 cm³/mol. The summed E-state index contributed by atoms with van der Waals surface area (Å²) >= 11 is 0. The van der Waals surface area contributed by atoms with Gasteiger partial charge in [-0.2, -0.15) is 0 Å². The van der Waals surface area contributed by atoms with Crippen molar-refractivity contribution in [3.8, 4) is 5.88 Å². The van der Waals surface area contributed by atoms with Crippen LogP contribution in [-0.4, -0.2) is 12.1 Å². The minimum atomic E-state index is 0.537. The van der Waals surface area contributed by atoms with Crippen LogP contribution in [0.15, 0.2) is 36.5 Å². The molecule has 0 spiro atoms. The molecule has 1 heterocycles. The summed E-state index contributed by atoms with van der Waals surface area (Å²) in [6.45, 7) is 2.04. The summed E-state index contributed by atoms with van der Waals surface area (Å²) in [5.41, 5.74) is 9.43. The molecule has 0 saturated heterocycles. The standard InChI is InChI=1S/C13H15N3O/c1-9-5-3-4-6-11(9)16-12-7-13(17-2)15-8-10(12)14/h3-8H,14H2,1-2H3,(H,15,16). The van der Waals surface area contributed by atoms with E-state index in [0.29, 0.717) is 11.6 Å². The summed E-state index contributed by atoms with van der Waals surface area (Å²) in [4.78, 5) is 4.03. The molecule has 0 unspecified atom stereocenters. The van der Waals surface area contributed by atoms with Gasteiger partial charge in [-0.1, -0.05) is 18.2 Å². The Labute approximate surface area is 100 Å². The summed E-state index contributed by atoms with van der Waals surface area (Å²) in [5.74, 6) is 0.537. The molecule has 0 amide bonds. The molecule has 0 bridgehead atoms. The zero-order chi connectivity index (χ0) is 12.3. The number of rotatable bonds is 3. The molecule has 1 aromatic carbocycles. The van der Waals surface area contributed by atoms with Crippen molar-refractivity contribution in [2.24, 2.45) is 0 Å². The summed E-state index contributed by atoms with van der Waals surface area (Å²) in [5, 5.41) is 3.27. The van der Waals surface area contributed by atoms with E-state index < -0.39 is 0 Å². The van der Waals surface area contributed by atoms with E-state index in [-0.39, 0.29) is 0 Å². The summed E-state index contributed by atoms with van der Waals surface area (Å²) in [6, 6.07) is 9.79. The lowest BCUT2D eigenvalue weighted by molar-refractivity contribution is 0.398. The second kappa shape index (κ2) is 4.74. The number of nitrogens with one attached hydrogen (secondary N) is 1. The van der Waals surface area contributed by atoms with Crippen LogP contribution in [0.2, 0.25) is 0 Å². The number of nitrogens with two attached hydrogens (primary N) is 1. The van der Waals surface area contributed by atoms with Gasteiger partial charge in [0.25, 0.3) is 0 Å². The smallest absolute Gasteiger partial charge is 0.215 e. The van der Waals surface area contributed by atoms with Gasteiger partial charge in [-0.15, -0.1) is 0 Å². The second-order valence-electron chi connectivity index (χ2n) is 3.75. The van der Waals surface area contributed by atoms with Gasteiger partial charge in [-0.25, -0.2) is 4.98 Å². The number of para-hydroxylation sites is 1. The molecule has 17 heavy (non-hydrogen) atoms. The Hall–Kier alpha value is -2.23. The number of anilines is 3.